The van der Waals surface area contributed by atoms with Crippen LogP contribution in [0.2, 0.25) is 0 Å². The third-order valence-electron chi connectivity index (χ3n) is 6.73. The number of rotatable bonds is 7. The molecule has 0 spiro atoms. The number of benzene rings is 1. The number of amides is 2. The summed E-state index contributed by atoms with van der Waals surface area (Å²) in [7, 11) is -8.59. The molecule has 2 fully saturated rings. The van der Waals surface area contributed by atoms with Gasteiger partial charge in [-0.3, -0.25) is 24.4 Å². The van der Waals surface area contributed by atoms with Crippen molar-refractivity contribution in [2.75, 3.05) is 44.7 Å². The first-order valence-corrected chi connectivity index (χ1v) is 13.9. The van der Waals surface area contributed by atoms with Crippen molar-refractivity contribution in [3.63, 3.8) is 0 Å². The van der Waals surface area contributed by atoms with Gasteiger partial charge in [-0.2, -0.15) is 5.26 Å². The summed E-state index contributed by atoms with van der Waals surface area (Å²) in [6.45, 7) is 1.67. The molecule has 3 unspecified atom stereocenters. The molecule has 212 valence electrons. The zero-order valence-electron chi connectivity index (χ0n) is 20.9. The number of nitriles is 1. The van der Waals surface area contributed by atoms with E-state index in [0.717, 1.165) is 17.0 Å². The molecule has 1 aromatic carbocycles. The van der Waals surface area contributed by atoms with Crippen LogP contribution in [-0.4, -0.2) is 78.6 Å². The average molecular weight is 575 g/mol. The summed E-state index contributed by atoms with van der Waals surface area (Å²) in [5.41, 5.74) is 0.0395. The molecule has 3 heterocycles. The number of pyridine rings is 1. The minimum atomic E-state index is -10.00. The van der Waals surface area contributed by atoms with E-state index >= 15 is 0 Å². The summed E-state index contributed by atoms with van der Waals surface area (Å²) in [4.78, 5) is 33.6. The Kier molecular flexibility index (Phi) is 7.26. The van der Waals surface area contributed by atoms with Gasteiger partial charge in [0.1, 0.15) is 17.0 Å². The Morgan fingerprint density at radius 2 is 1.82 bits per heavy atom. The number of likely N-dealkylation sites (tertiary alicyclic amines) is 1. The molecule has 0 radical (unpaired) electrons. The number of piperazine rings is 1. The highest BCUT2D eigenvalue weighted by Gasteiger charge is 2.65. The zero-order chi connectivity index (χ0) is 28.5. The van der Waals surface area contributed by atoms with Gasteiger partial charge in [0, 0.05) is 63.4 Å². The zero-order valence-corrected chi connectivity index (χ0v) is 21.7. The molecule has 2 amide bonds. The fourth-order valence-corrected chi connectivity index (χ4v) is 5.39. The average Bonchev–Trinajstić information content (AvgIpc) is 3.34. The molecule has 0 saturated carbocycles. The first-order valence-electron chi connectivity index (χ1n) is 12.0. The number of carbonyl (C=O) groups excluding carboxylic acids is 2. The van der Waals surface area contributed by atoms with Crippen molar-refractivity contribution in [2.45, 2.75) is 29.5 Å². The molecule has 4 rings (SSSR count). The number of methoxy groups -OCH3 is 1. The Morgan fingerprint density at radius 3 is 2.36 bits per heavy atom. The number of anilines is 1. The topological polar surface area (TPSA) is 102 Å². The smallest absolute Gasteiger partial charge is 0.310 e. The van der Waals surface area contributed by atoms with Crippen LogP contribution >= 0.6 is 10.2 Å². The van der Waals surface area contributed by atoms with Crippen LogP contribution in [0.15, 0.2) is 53.7 Å². The summed E-state index contributed by atoms with van der Waals surface area (Å²) in [5.74, 6) is -1.30. The standard InChI is InChI=1S/C24H27F5N6O3S/c1-38-19-13-21(34(15-19)16-30)23(36)35(18-4-6-20(7-5-18)39(25,26,27,28)29)22(17-3-2-8-32-14-17)24(37)33-11-9-31-10-12-33/h2-8,14,19,21-22,31H,9-13,15H2,1H3. The second-order valence-corrected chi connectivity index (χ2v) is 11.7. The summed E-state index contributed by atoms with van der Waals surface area (Å²) >= 11 is 0. The lowest BCUT2D eigenvalue weighted by atomic mass is 10.0. The van der Waals surface area contributed by atoms with E-state index in [1.807, 2.05) is 6.19 Å². The van der Waals surface area contributed by atoms with Crippen LogP contribution in [0, 0.1) is 11.5 Å². The van der Waals surface area contributed by atoms with Gasteiger partial charge in [0.15, 0.2) is 6.19 Å². The molecule has 1 N–H and O–H groups in total. The van der Waals surface area contributed by atoms with E-state index in [0.29, 0.717) is 26.2 Å². The largest absolute Gasteiger partial charge is 0.379 e. The highest BCUT2D eigenvalue weighted by atomic mass is 32.5. The molecule has 3 atom stereocenters. The number of aromatic nitrogens is 1. The first kappa shape index (κ1) is 28.5. The highest BCUT2D eigenvalue weighted by Crippen LogP contribution is 3.02. The molecule has 2 aliphatic heterocycles. The number of hydrogen-bond donors (Lipinski definition) is 1. The van der Waals surface area contributed by atoms with Crippen LogP contribution < -0.4 is 10.2 Å². The Morgan fingerprint density at radius 1 is 1.15 bits per heavy atom. The van der Waals surface area contributed by atoms with Gasteiger partial charge in [-0.15, -0.1) is 0 Å². The van der Waals surface area contributed by atoms with Crippen LogP contribution in [0.1, 0.15) is 18.0 Å². The molecule has 39 heavy (non-hydrogen) atoms. The van der Waals surface area contributed by atoms with Gasteiger partial charge in [-0.25, -0.2) is 0 Å². The maximum Gasteiger partial charge on any atom is 0.310 e. The lowest BCUT2D eigenvalue weighted by Crippen LogP contribution is -2.54. The molecule has 9 nitrogen and oxygen atoms in total. The molecule has 2 aromatic rings. The molecule has 15 heteroatoms. The molecule has 1 aromatic heterocycles. The van der Waals surface area contributed by atoms with E-state index in [1.54, 1.807) is 0 Å². The summed E-state index contributed by atoms with van der Waals surface area (Å²) in [5, 5.41) is 12.8. The third-order valence-corrected chi connectivity index (χ3v) is 7.89. The van der Waals surface area contributed by atoms with Crippen LogP contribution in [-0.2, 0) is 14.3 Å². The van der Waals surface area contributed by atoms with E-state index < -0.39 is 45.1 Å². The van der Waals surface area contributed by atoms with Crippen molar-refractivity contribution in [1.29, 1.82) is 5.26 Å². The van der Waals surface area contributed by atoms with E-state index in [4.69, 9.17) is 4.74 Å². The molecule has 0 bridgehead atoms. The Labute approximate surface area is 221 Å². The fourth-order valence-electron chi connectivity index (χ4n) is 4.74. The van der Waals surface area contributed by atoms with Crippen molar-refractivity contribution in [3.05, 3.63) is 54.4 Å². The number of hydrogen-bond acceptors (Lipinski definition) is 7. The van der Waals surface area contributed by atoms with Crippen LogP contribution in [0.4, 0.5) is 25.1 Å². The maximum atomic E-state index is 14.1. The molecule has 0 aliphatic carbocycles. The van der Waals surface area contributed by atoms with Crippen molar-refractivity contribution < 1.29 is 33.8 Å². The molecule has 2 aliphatic rings. The summed E-state index contributed by atoms with van der Waals surface area (Å²) in [6.07, 6.45) is 4.30. The van der Waals surface area contributed by atoms with E-state index in [1.165, 1.54) is 41.4 Å². The lowest BCUT2D eigenvalue weighted by molar-refractivity contribution is -0.136. The van der Waals surface area contributed by atoms with Gasteiger partial charge in [0.05, 0.1) is 12.6 Å². The van der Waals surface area contributed by atoms with Gasteiger partial charge in [-0.05, 0) is 30.3 Å². The molecular formula is C24H27F5N6O3S. The SMILES string of the molecule is COC1CC(C(=O)N(c2ccc(S(F)(F)(F)(F)F)cc2)C(C(=O)N2CCNCC2)c2cccnc2)N(C#N)C1. The predicted molar refractivity (Wildman–Crippen MR) is 133 cm³/mol. The highest BCUT2D eigenvalue weighted by molar-refractivity contribution is 8.45. The lowest BCUT2D eigenvalue weighted by Gasteiger charge is -2.41. The van der Waals surface area contributed by atoms with Crippen molar-refractivity contribution in [2.24, 2.45) is 0 Å². The van der Waals surface area contributed by atoms with Gasteiger partial charge < -0.3 is 15.0 Å². The summed E-state index contributed by atoms with van der Waals surface area (Å²) < 4.78 is 72.5. The van der Waals surface area contributed by atoms with Crippen LogP contribution in [0.25, 0.3) is 0 Å². The van der Waals surface area contributed by atoms with Crippen LogP contribution in [0.3, 0.4) is 0 Å². The second-order valence-electron chi connectivity index (χ2n) is 9.30. The van der Waals surface area contributed by atoms with Crippen molar-refractivity contribution in [3.8, 4) is 6.19 Å². The Hall–Kier alpha value is -3.48. The number of nitrogens with one attached hydrogen (secondary N) is 1. The quantitative estimate of drug-likeness (QED) is 0.396. The summed E-state index contributed by atoms with van der Waals surface area (Å²) in [6, 6.07) is 2.43. The van der Waals surface area contributed by atoms with Crippen molar-refractivity contribution in [1.82, 2.24) is 20.1 Å². The van der Waals surface area contributed by atoms with E-state index in [-0.39, 0.29) is 36.3 Å². The normalized spacial score (nSPS) is 22.4. The van der Waals surface area contributed by atoms with E-state index in [9.17, 15) is 34.3 Å². The number of carbonyl (C=O) groups is 2. The monoisotopic (exact) mass is 574 g/mol. The molecule has 2 saturated heterocycles. The minimum Gasteiger partial charge on any atom is -0.379 e. The predicted octanol–water partition coefficient (Wildman–Crippen LogP) is 3.82. The first-order chi connectivity index (χ1) is 18.2. The Balaban J connectivity index is 1.85. The number of nitrogens with zero attached hydrogens (tertiary/aromatic N) is 5. The van der Waals surface area contributed by atoms with Crippen LogP contribution in [0.5, 0.6) is 0 Å². The minimum absolute atomic E-state index is 0.0739. The Bertz CT molecular complexity index is 1250. The molecular weight excluding hydrogens is 547 g/mol. The van der Waals surface area contributed by atoms with Gasteiger partial charge in [-0.1, -0.05) is 25.5 Å². The number of halogens is 5. The number of ether oxygens (including phenoxy) is 1. The fraction of sp³-hybridized carbons (Fsp3) is 0.417. The van der Waals surface area contributed by atoms with Crippen molar-refractivity contribution >= 4 is 27.7 Å². The van der Waals surface area contributed by atoms with Gasteiger partial charge in [0.2, 0.25) is 0 Å². The second kappa shape index (κ2) is 9.92. The van der Waals surface area contributed by atoms with E-state index in [2.05, 4.69) is 10.3 Å². The maximum absolute atomic E-state index is 14.1. The third kappa shape index (κ3) is 6.23. The van der Waals surface area contributed by atoms with Gasteiger partial charge >= 0.3 is 10.2 Å². The van der Waals surface area contributed by atoms with Gasteiger partial charge in [0.25, 0.3) is 11.8 Å².